The topological polar surface area (TPSA) is 120 Å². The van der Waals surface area contributed by atoms with Crippen LogP contribution in [0, 0.1) is 6.92 Å². The Morgan fingerprint density at radius 3 is 1.91 bits per heavy atom. The second-order valence-corrected chi connectivity index (χ2v) is 10.3. The predicted octanol–water partition coefficient (Wildman–Crippen LogP) is 3.62. The Kier molecular flexibility index (Phi) is 7.04. The molecule has 0 amide bonds. The fraction of sp³-hybridized carbons (Fsp3) is 0.182. The monoisotopic (exact) mass is 492 g/mol. The molecule has 0 unspecified atom stereocenters. The van der Waals surface area contributed by atoms with Gasteiger partial charge in [-0.3, -0.25) is 9.44 Å². The van der Waals surface area contributed by atoms with Crippen molar-refractivity contribution < 1.29 is 31.0 Å². The summed E-state index contributed by atoms with van der Waals surface area (Å²) in [6.45, 7) is 1.66. The second kappa shape index (κ2) is 9.59. The molecule has 3 aromatic rings. The summed E-state index contributed by atoms with van der Waals surface area (Å²) in [5, 5.41) is 0. The zero-order valence-corrected chi connectivity index (χ0v) is 20.1. The van der Waals surface area contributed by atoms with Crippen LogP contribution in [0.5, 0.6) is 17.2 Å². The molecular formula is C22H24N2O7S2. The molecule has 0 saturated heterocycles. The quantitative estimate of drug-likeness (QED) is 0.468. The number of hydrogen-bond acceptors (Lipinski definition) is 7. The van der Waals surface area contributed by atoms with E-state index in [-0.39, 0.29) is 21.2 Å². The van der Waals surface area contributed by atoms with Crippen LogP contribution in [0.1, 0.15) is 5.56 Å². The van der Waals surface area contributed by atoms with Gasteiger partial charge < -0.3 is 14.2 Å². The van der Waals surface area contributed by atoms with Crippen molar-refractivity contribution in [2.45, 2.75) is 16.7 Å². The number of rotatable bonds is 9. The van der Waals surface area contributed by atoms with Crippen molar-refractivity contribution in [1.29, 1.82) is 0 Å². The highest BCUT2D eigenvalue weighted by molar-refractivity contribution is 7.93. The maximum Gasteiger partial charge on any atom is 0.265 e. The Labute approximate surface area is 193 Å². The molecule has 9 nitrogen and oxygen atoms in total. The largest absolute Gasteiger partial charge is 0.497 e. The molecule has 0 aliphatic carbocycles. The summed E-state index contributed by atoms with van der Waals surface area (Å²) in [5.74, 6) is 1.02. The van der Waals surface area contributed by atoms with Gasteiger partial charge in [0.25, 0.3) is 20.0 Å². The normalized spacial score (nSPS) is 11.5. The molecule has 33 heavy (non-hydrogen) atoms. The van der Waals surface area contributed by atoms with Crippen LogP contribution in [-0.2, 0) is 20.0 Å². The number of benzene rings is 3. The van der Waals surface area contributed by atoms with Crippen molar-refractivity contribution in [1.82, 2.24) is 0 Å². The maximum atomic E-state index is 13.1. The van der Waals surface area contributed by atoms with Gasteiger partial charge in [0, 0.05) is 11.8 Å². The van der Waals surface area contributed by atoms with Crippen LogP contribution < -0.4 is 23.7 Å². The minimum atomic E-state index is -4.12. The number of anilines is 2. The molecule has 0 radical (unpaired) electrons. The lowest BCUT2D eigenvalue weighted by atomic mass is 10.2. The molecule has 0 bridgehead atoms. The zero-order chi connectivity index (χ0) is 24.2. The van der Waals surface area contributed by atoms with E-state index >= 15 is 0 Å². The SMILES string of the molecule is COc1ccc(NS(=O)(=O)c2ccc(C)c(NS(=O)(=O)c3cc(OC)ccc3OC)c2)cc1. The highest BCUT2D eigenvalue weighted by atomic mass is 32.2. The molecule has 0 fully saturated rings. The summed E-state index contributed by atoms with van der Waals surface area (Å²) in [7, 11) is -3.83. The smallest absolute Gasteiger partial charge is 0.265 e. The van der Waals surface area contributed by atoms with Crippen LogP contribution in [-0.4, -0.2) is 38.2 Å². The molecular weight excluding hydrogens is 468 g/mol. The van der Waals surface area contributed by atoms with E-state index in [9.17, 15) is 16.8 Å². The number of nitrogens with one attached hydrogen (secondary N) is 2. The van der Waals surface area contributed by atoms with Crippen molar-refractivity contribution in [2.75, 3.05) is 30.8 Å². The van der Waals surface area contributed by atoms with Crippen LogP contribution in [0.3, 0.4) is 0 Å². The fourth-order valence-corrected chi connectivity index (χ4v) is 5.34. The first kappa shape index (κ1) is 24.2. The van der Waals surface area contributed by atoms with Crippen molar-refractivity contribution in [2.24, 2.45) is 0 Å². The number of ether oxygens (including phenoxy) is 3. The van der Waals surface area contributed by atoms with E-state index in [1.54, 1.807) is 37.3 Å². The van der Waals surface area contributed by atoms with Crippen LogP contribution in [0.15, 0.2) is 70.5 Å². The summed E-state index contributed by atoms with van der Waals surface area (Å²) in [6, 6.07) is 14.9. The lowest BCUT2D eigenvalue weighted by Gasteiger charge is -2.15. The molecule has 3 rings (SSSR count). The van der Waals surface area contributed by atoms with Gasteiger partial charge >= 0.3 is 0 Å². The molecule has 11 heteroatoms. The molecule has 0 aromatic heterocycles. The zero-order valence-electron chi connectivity index (χ0n) is 18.4. The lowest BCUT2D eigenvalue weighted by Crippen LogP contribution is -2.17. The summed E-state index contributed by atoms with van der Waals surface area (Å²) < 4.78 is 72.2. The van der Waals surface area contributed by atoms with E-state index in [0.29, 0.717) is 22.7 Å². The van der Waals surface area contributed by atoms with E-state index in [2.05, 4.69) is 9.44 Å². The molecule has 2 N–H and O–H groups in total. The molecule has 0 saturated carbocycles. The highest BCUT2D eigenvalue weighted by Crippen LogP contribution is 2.31. The van der Waals surface area contributed by atoms with E-state index in [0.717, 1.165) is 0 Å². The van der Waals surface area contributed by atoms with E-state index in [1.807, 2.05) is 0 Å². The van der Waals surface area contributed by atoms with Gasteiger partial charge in [0.2, 0.25) is 0 Å². The van der Waals surface area contributed by atoms with Gasteiger partial charge in [-0.15, -0.1) is 0 Å². The molecule has 0 aliphatic rings. The first-order valence-electron chi connectivity index (χ1n) is 9.62. The van der Waals surface area contributed by atoms with Crippen LogP contribution >= 0.6 is 0 Å². The van der Waals surface area contributed by atoms with Gasteiger partial charge in [-0.2, -0.15) is 0 Å². The third-order valence-corrected chi connectivity index (χ3v) is 7.53. The van der Waals surface area contributed by atoms with Crippen LogP contribution in [0.2, 0.25) is 0 Å². The minimum absolute atomic E-state index is 0.109. The number of hydrogen-bond donors (Lipinski definition) is 2. The third-order valence-electron chi connectivity index (χ3n) is 4.77. The Morgan fingerprint density at radius 2 is 1.30 bits per heavy atom. The van der Waals surface area contributed by atoms with Crippen molar-refractivity contribution in [3.63, 3.8) is 0 Å². The van der Waals surface area contributed by atoms with Gasteiger partial charge in [0.15, 0.2) is 0 Å². The van der Waals surface area contributed by atoms with Gasteiger partial charge in [-0.05, 0) is 61.0 Å². The minimum Gasteiger partial charge on any atom is -0.497 e. The van der Waals surface area contributed by atoms with Gasteiger partial charge in [0.1, 0.15) is 22.1 Å². The molecule has 176 valence electrons. The third kappa shape index (κ3) is 5.49. The Bertz CT molecular complexity index is 1350. The van der Waals surface area contributed by atoms with Crippen LogP contribution in [0.4, 0.5) is 11.4 Å². The fourth-order valence-electron chi connectivity index (χ4n) is 2.95. The van der Waals surface area contributed by atoms with Gasteiger partial charge in [-0.1, -0.05) is 6.07 Å². The maximum absolute atomic E-state index is 13.1. The van der Waals surface area contributed by atoms with E-state index < -0.39 is 20.0 Å². The molecule has 0 spiro atoms. The summed E-state index contributed by atoms with van der Waals surface area (Å²) in [5.41, 5.74) is 0.973. The molecule has 0 heterocycles. The summed E-state index contributed by atoms with van der Waals surface area (Å²) in [6.07, 6.45) is 0. The molecule has 0 atom stereocenters. The Balaban J connectivity index is 1.94. The van der Waals surface area contributed by atoms with Crippen molar-refractivity contribution in [3.05, 3.63) is 66.2 Å². The van der Waals surface area contributed by atoms with Crippen LogP contribution in [0.25, 0.3) is 0 Å². The lowest BCUT2D eigenvalue weighted by molar-refractivity contribution is 0.392. The Hall–Kier alpha value is -3.44. The van der Waals surface area contributed by atoms with E-state index in [4.69, 9.17) is 14.2 Å². The first-order valence-corrected chi connectivity index (χ1v) is 12.6. The number of aryl methyl sites for hydroxylation is 1. The number of sulfonamides is 2. The molecule has 0 aliphatic heterocycles. The average Bonchev–Trinajstić information content (AvgIpc) is 2.80. The number of methoxy groups -OCH3 is 3. The Morgan fingerprint density at radius 1 is 0.667 bits per heavy atom. The molecule has 3 aromatic carbocycles. The summed E-state index contributed by atoms with van der Waals surface area (Å²) >= 11 is 0. The standard InChI is InChI=1S/C22H24N2O7S2/c1-15-5-11-19(32(25,26)23-16-6-8-17(29-2)9-7-16)14-20(15)24-33(27,28)22-13-18(30-3)10-12-21(22)31-4/h5-14,23-24H,1-4H3. The van der Waals surface area contributed by atoms with Gasteiger partial charge in [-0.25, -0.2) is 16.8 Å². The van der Waals surface area contributed by atoms with Crippen molar-refractivity contribution >= 4 is 31.4 Å². The summed E-state index contributed by atoms with van der Waals surface area (Å²) in [4.78, 5) is -0.257. The average molecular weight is 493 g/mol. The van der Waals surface area contributed by atoms with Crippen molar-refractivity contribution in [3.8, 4) is 17.2 Å². The van der Waals surface area contributed by atoms with Gasteiger partial charge in [0.05, 0.1) is 31.9 Å². The first-order chi connectivity index (χ1) is 15.6. The predicted molar refractivity (Wildman–Crippen MR) is 125 cm³/mol. The highest BCUT2D eigenvalue weighted by Gasteiger charge is 2.23. The van der Waals surface area contributed by atoms with E-state index in [1.165, 1.54) is 51.7 Å². The second-order valence-electron chi connectivity index (χ2n) is 6.93.